The smallest absolute Gasteiger partial charge is 0.251 e. The van der Waals surface area contributed by atoms with Gasteiger partial charge < -0.3 is 10.6 Å². The van der Waals surface area contributed by atoms with Gasteiger partial charge in [0.2, 0.25) is 5.91 Å². The molecule has 0 saturated heterocycles. The highest BCUT2D eigenvalue weighted by Crippen LogP contribution is 2.25. The Morgan fingerprint density at radius 1 is 1.00 bits per heavy atom. The van der Waals surface area contributed by atoms with Gasteiger partial charge in [0.15, 0.2) is 0 Å². The lowest BCUT2D eigenvalue weighted by molar-refractivity contribution is -0.116. The molecule has 2 amide bonds. The summed E-state index contributed by atoms with van der Waals surface area (Å²) >= 11 is 1.69. The SMILES string of the molecule is C=CC(=O)NCc1ccc(C(=O)NCc2cc3ccccc3s2)cc1. The van der Waals surface area contributed by atoms with Crippen molar-refractivity contribution in [3.05, 3.63) is 83.3 Å². The summed E-state index contributed by atoms with van der Waals surface area (Å²) in [5.41, 5.74) is 1.52. The van der Waals surface area contributed by atoms with Crippen molar-refractivity contribution < 1.29 is 9.59 Å². The zero-order valence-corrected chi connectivity index (χ0v) is 14.4. The van der Waals surface area contributed by atoms with E-state index in [0.717, 1.165) is 10.4 Å². The van der Waals surface area contributed by atoms with Crippen LogP contribution in [-0.2, 0) is 17.9 Å². The van der Waals surface area contributed by atoms with Crippen LogP contribution in [0.5, 0.6) is 0 Å². The Morgan fingerprint density at radius 2 is 1.76 bits per heavy atom. The molecule has 0 aliphatic carbocycles. The molecule has 0 fully saturated rings. The second-order valence-electron chi connectivity index (χ2n) is 5.55. The van der Waals surface area contributed by atoms with Gasteiger partial charge in [-0.2, -0.15) is 0 Å². The number of benzene rings is 2. The van der Waals surface area contributed by atoms with Crippen molar-refractivity contribution >= 4 is 33.2 Å². The van der Waals surface area contributed by atoms with Crippen LogP contribution < -0.4 is 10.6 Å². The molecule has 126 valence electrons. The summed E-state index contributed by atoms with van der Waals surface area (Å²) in [4.78, 5) is 24.5. The van der Waals surface area contributed by atoms with Crippen molar-refractivity contribution in [1.29, 1.82) is 0 Å². The standard InChI is InChI=1S/C20H18N2O2S/c1-2-19(23)21-12-14-7-9-15(10-8-14)20(24)22-13-17-11-16-5-3-4-6-18(16)25-17/h2-11H,1,12-13H2,(H,21,23)(H,22,24). The summed E-state index contributed by atoms with van der Waals surface area (Å²) in [6.07, 6.45) is 1.23. The summed E-state index contributed by atoms with van der Waals surface area (Å²) in [5.74, 6) is -0.329. The van der Waals surface area contributed by atoms with Crippen molar-refractivity contribution in [2.45, 2.75) is 13.1 Å². The molecule has 1 heterocycles. The lowest BCUT2D eigenvalue weighted by atomic mass is 10.1. The first-order valence-corrected chi connectivity index (χ1v) is 8.72. The molecule has 3 rings (SSSR count). The van der Waals surface area contributed by atoms with Gasteiger partial charge in [-0.3, -0.25) is 9.59 Å². The molecular weight excluding hydrogens is 332 g/mol. The first kappa shape index (κ1) is 16.9. The van der Waals surface area contributed by atoms with E-state index in [1.165, 1.54) is 16.2 Å². The van der Waals surface area contributed by atoms with Crippen LogP contribution in [0.2, 0.25) is 0 Å². The molecule has 0 radical (unpaired) electrons. The minimum absolute atomic E-state index is 0.112. The molecule has 3 aromatic rings. The molecule has 0 atom stereocenters. The summed E-state index contributed by atoms with van der Waals surface area (Å²) in [6, 6.07) is 17.5. The summed E-state index contributed by atoms with van der Waals surface area (Å²) in [7, 11) is 0. The van der Waals surface area contributed by atoms with E-state index in [9.17, 15) is 9.59 Å². The van der Waals surface area contributed by atoms with Gasteiger partial charge in [0, 0.05) is 21.7 Å². The molecule has 0 spiro atoms. The summed E-state index contributed by atoms with van der Waals surface area (Å²) in [6.45, 7) is 4.33. The van der Waals surface area contributed by atoms with Crippen LogP contribution in [0.1, 0.15) is 20.8 Å². The monoisotopic (exact) mass is 350 g/mol. The molecule has 0 aliphatic rings. The van der Waals surface area contributed by atoms with Gasteiger partial charge >= 0.3 is 0 Å². The normalized spacial score (nSPS) is 10.4. The van der Waals surface area contributed by atoms with Gasteiger partial charge in [0.25, 0.3) is 5.91 Å². The third-order valence-electron chi connectivity index (χ3n) is 3.77. The molecule has 0 aliphatic heterocycles. The van der Waals surface area contributed by atoms with E-state index in [1.807, 2.05) is 24.3 Å². The van der Waals surface area contributed by atoms with Crippen molar-refractivity contribution in [2.75, 3.05) is 0 Å². The van der Waals surface area contributed by atoms with Crippen molar-refractivity contribution in [1.82, 2.24) is 10.6 Å². The van der Waals surface area contributed by atoms with E-state index in [0.29, 0.717) is 18.7 Å². The quantitative estimate of drug-likeness (QED) is 0.667. The van der Waals surface area contributed by atoms with Gasteiger partial charge in [-0.1, -0.05) is 36.9 Å². The number of hydrogen-bond acceptors (Lipinski definition) is 3. The van der Waals surface area contributed by atoms with Crippen LogP contribution in [0, 0.1) is 0 Å². The Kier molecular flexibility index (Phi) is 5.26. The maximum Gasteiger partial charge on any atom is 0.251 e. The third kappa shape index (κ3) is 4.33. The second-order valence-corrected chi connectivity index (χ2v) is 6.72. The summed E-state index contributed by atoms with van der Waals surface area (Å²) in [5, 5.41) is 6.84. The van der Waals surface area contributed by atoms with E-state index >= 15 is 0 Å². The minimum atomic E-state index is -0.217. The predicted molar refractivity (Wildman–Crippen MR) is 101 cm³/mol. The Balaban J connectivity index is 1.57. The average molecular weight is 350 g/mol. The van der Waals surface area contributed by atoms with Crippen LogP contribution in [0.4, 0.5) is 0 Å². The number of amides is 2. The Bertz CT molecular complexity index is 880. The highest BCUT2D eigenvalue weighted by molar-refractivity contribution is 7.19. The van der Waals surface area contributed by atoms with Crippen LogP contribution >= 0.6 is 11.3 Å². The number of carbonyl (C=O) groups is 2. The largest absolute Gasteiger partial charge is 0.348 e. The zero-order chi connectivity index (χ0) is 17.6. The van der Waals surface area contributed by atoms with Crippen LogP contribution in [0.3, 0.4) is 0 Å². The van der Waals surface area contributed by atoms with Crippen LogP contribution in [0.15, 0.2) is 67.3 Å². The van der Waals surface area contributed by atoms with Gasteiger partial charge in [0.05, 0.1) is 6.54 Å². The second kappa shape index (κ2) is 7.77. The lowest BCUT2D eigenvalue weighted by Crippen LogP contribution is -2.22. The zero-order valence-electron chi connectivity index (χ0n) is 13.6. The van der Waals surface area contributed by atoms with E-state index in [2.05, 4.69) is 35.4 Å². The molecule has 0 unspecified atom stereocenters. The molecule has 0 bridgehead atoms. The Hall–Kier alpha value is -2.92. The van der Waals surface area contributed by atoms with E-state index in [4.69, 9.17) is 0 Å². The van der Waals surface area contributed by atoms with Crippen molar-refractivity contribution in [3.63, 3.8) is 0 Å². The summed E-state index contributed by atoms with van der Waals surface area (Å²) < 4.78 is 1.22. The van der Waals surface area contributed by atoms with Crippen molar-refractivity contribution in [3.8, 4) is 0 Å². The number of rotatable bonds is 6. The topological polar surface area (TPSA) is 58.2 Å². The molecule has 2 aromatic carbocycles. The number of hydrogen-bond donors (Lipinski definition) is 2. The van der Waals surface area contributed by atoms with Gasteiger partial charge in [-0.05, 0) is 41.3 Å². The first-order chi connectivity index (χ1) is 12.2. The molecule has 2 N–H and O–H groups in total. The Labute approximate surface area is 150 Å². The molecule has 1 aromatic heterocycles. The van der Waals surface area contributed by atoms with Crippen molar-refractivity contribution in [2.24, 2.45) is 0 Å². The third-order valence-corrected chi connectivity index (χ3v) is 4.88. The minimum Gasteiger partial charge on any atom is -0.348 e. The van der Waals surface area contributed by atoms with E-state index in [-0.39, 0.29) is 11.8 Å². The Morgan fingerprint density at radius 3 is 2.48 bits per heavy atom. The van der Waals surface area contributed by atoms with E-state index in [1.54, 1.807) is 23.5 Å². The maximum absolute atomic E-state index is 12.3. The molecular formula is C20H18N2O2S. The first-order valence-electron chi connectivity index (χ1n) is 7.90. The number of thiophene rings is 1. The van der Waals surface area contributed by atoms with Gasteiger partial charge in [-0.15, -0.1) is 11.3 Å². The fourth-order valence-corrected chi connectivity index (χ4v) is 3.43. The number of carbonyl (C=O) groups excluding carboxylic acids is 2. The molecule has 5 heteroatoms. The molecule has 25 heavy (non-hydrogen) atoms. The molecule has 4 nitrogen and oxygen atoms in total. The highest BCUT2D eigenvalue weighted by Gasteiger charge is 2.07. The fraction of sp³-hybridized carbons (Fsp3) is 0.100. The van der Waals surface area contributed by atoms with Crippen LogP contribution in [0.25, 0.3) is 10.1 Å². The van der Waals surface area contributed by atoms with Gasteiger partial charge in [-0.25, -0.2) is 0 Å². The molecule has 0 saturated carbocycles. The van der Waals surface area contributed by atoms with Crippen LogP contribution in [-0.4, -0.2) is 11.8 Å². The van der Waals surface area contributed by atoms with Gasteiger partial charge in [0.1, 0.15) is 0 Å². The van der Waals surface area contributed by atoms with E-state index < -0.39 is 0 Å². The fourth-order valence-electron chi connectivity index (χ4n) is 2.43. The lowest BCUT2D eigenvalue weighted by Gasteiger charge is -2.06. The maximum atomic E-state index is 12.3. The highest BCUT2D eigenvalue weighted by atomic mass is 32.1. The predicted octanol–water partition coefficient (Wildman–Crippen LogP) is 3.63. The number of nitrogens with one attached hydrogen (secondary N) is 2. The average Bonchev–Trinajstić information content (AvgIpc) is 3.07. The number of fused-ring (bicyclic) bond motifs is 1.